The van der Waals surface area contributed by atoms with E-state index in [1.165, 1.54) is 6.07 Å². The van der Waals surface area contributed by atoms with E-state index in [0.717, 1.165) is 0 Å². The molecule has 108 valence electrons. The molecule has 1 aromatic rings. The minimum Gasteiger partial charge on any atom is -0.480 e. The zero-order chi connectivity index (χ0) is 14.9. The van der Waals surface area contributed by atoms with E-state index in [1.54, 1.807) is 24.0 Å². The number of carboxylic acids is 1. The third-order valence-electron chi connectivity index (χ3n) is 3.05. The summed E-state index contributed by atoms with van der Waals surface area (Å²) in [6, 6.07) is 4.68. The number of nitrogens with zero attached hydrogens (tertiary/aromatic N) is 1. The summed E-state index contributed by atoms with van der Waals surface area (Å²) in [6.45, 7) is 2.10. The van der Waals surface area contributed by atoms with Gasteiger partial charge in [-0.15, -0.1) is 0 Å². The van der Waals surface area contributed by atoms with Gasteiger partial charge in [-0.05, 0) is 25.1 Å². The zero-order valence-corrected chi connectivity index (χ0v) is 12.2. The summed E-state index contributed by atoms with van der Waals surface area (Å²) in [4.78, 5) is 24.2. The first-order valence-corrected chi connectivity index (χ1v) is 6.66. The SMILES string of the molecule is CC1(OCC(=O)O)CN(C(=O)c2ccc(Cl)c(Cl)c2)C1. The van der Waals surface area contributed by atoms with Crippen LogP contribution >= 0.6 is 23.2 Å². The van der Waals surface area contributed by atoms with Crippen molar-refractivity contribution in [3.63, 3.8) is 0 Å². The highest BCUT2D eigenvalue weighted by atomic mass is 35.5. The number of hydrogen-bond acceptors (Lipinski definition) is 3. The fourth-order valence-corrected chi connectivity index (χ4v) is 2.34. The van der Waals surface area contributed by atoms with Gasteiger partial charge in [0.1, 0.15) is 12.2 Å². The van der Waals surface area contributed by atoms with Crippen molar-refractivity contribution in [2.24, 2.45) is 0 Å². The summed E-state index contributed by atoms with van der Waals surface area (Å²) >= 11 is 11.7. The van der Waals surface area contributed by atoms with Gasteiger partial charge in [-0.3, -0.25) is 4.79 Å². The van der Waals surface area contributed by atoms with E-state index in [-0.39, 0.29) is 12.5 Å². The molecule has 0 atom stereocenters. The molecule has 2 rings (SSSR count). The Bertz CT molecular complexity index is 555. The Kier molecular flexibility index (Phi) is 4.22. The average molecular weight is 318 g/mol. The molecule has 0 bridgehead atoms. The van der Waals surface area contributed by atoms with Crippen molar-refractivity contribution in [1.82, 2.24) is 4.90 Å². The molecule has 0 saturated carbocycles. The fraction of sp³-hybridized carbons (Fsp3) is 0.385. The quantitative estimate of drug-likeness (QED) is 0.925. The first kappa shape index (κ1) is 15.1. The molecular formula is C13H13Cl2NO4. The largest absolute Gasteiger partial charge is 0.480 e. The van der Waals surface area contributed by atoms with E-state index in [2.05, 4.69) is 0 Å². The van der Waals surface area contributed by atoms with Crippen LogP contribution in [-0.2, 0) is 9.53 Å². The molecule has 5 nitrogen and oxygen atoms in total. The summed E-state index contributed by atoms with van der Waals surface area (Å²) in [5.74, 6) is -1.21. The minimum absolute atomic E-state index is 0.181. The molecule has 1 aliphatic heterocycles. The van der Waals surface area contributed by atoms with Crippen LogP contribution in [-0.4, -0.2) is 47.2 Å². The maximum Gasteiger partial charge on any atom is 0.329 e. The third kappa shape index (κ3) is 3.23. The molecule has 0 spiro atoms. The standard InChI is InChI=1S/C13H13Cl2NO4/c1-13(20-5-11(17)18)6-16(7-13)12(19)8-2-3-9(14)10(15)4-8/h2-4H,5-7H2,1H3,(H,17,18). The van der Waals surface area contributed by atoms with Gasteiger partial charge in [0.15, 0.2) is 0 Å². The molecule has 0 aliphatic carbocycles. The number of carbonyl (C=O) groups excluding carboxylic acids is 1. The monoisotopic (exact) mass is 317 g/mol. The maximum absolute atomic E-state index is 12.2. The Morgan fingerprint density at radius 3 is 2.55 bits per heavy atom. The number of ether oxygens (including phenoxy) is 1. The second kappa shape index (κ2) is 5.60. The Balaban J connectivity index is 1.96. The predicted molar refractivity (Wildman–Crippen MR) is 74.4 cm³/mol. The lowest BCUT2D eigenvalue weighted by molar-refractivity contribution is -0.159. The van der Waals surface area contributed by atoms with Crippen molar-refractivity contribution in [3.8, 4) is 0 Å². The Hall–Kier alpha value is -1.30. The van der Waals surface area contributed by atoms with Crippen LogP contribution in [0.2, 0.25) is 10.0 Å². The molecule has 0 unspecified atom stereocenters. The predicted octanol–water partition coefficient (Wildman–Crippen LogP) is 2.31. The first-order valence-electron chi connectivity index (χ1n) is 5.91. The molecule has 7 heteroatoms. The second-order valence-electron chi connectivity index (χ2n) is 4.92. The number of benzene rings is 1. The van der Waals surface area contributed by atoms with E-state index in [4.69, 9.17) is 33.0 Å². The number of carboxylic acid groups (broad SMARTS) is 1. The number of aliphatic carboxylic acids is 1. The Morgan fingerprint density at radius 1 is 1.35 bits per heavy atom. The molecule has 1 N–H and O–H groups in total. The summed E-state index contributed by atoms with van der Waals surface area (Å²) < 4.78 is 5.25. The van der Waals surface area contributed by atoms with Crippen LogP contribution in [0.4, 0.5) is 0 Å². The van der Waals surface area contributed by atoms with Gasteiger partial charge in [0, 0.05) is 5.56 Å². The lowest BCUT2D eigenvalue weighted by Gasteiger charge is -2.47. The lowest BCUT2D eigenvalue weighted by Crippen LogP contribution is -2.63. The van der Waals surface area contributed by atoms with Crippen molar-refractivity contribution in [2.75, 3.05) is 19.7 Å². The maximum atomic E-state index is 12.2. The number of rotatable bonds is 4. The van der Waals surface area contributed by atoms with Crippen molar-refractivity contribution in [1.29, 1.82) is 0 Å². The molecule has 0 aromatic heterocycles. The molecule has 1 fully saturated rings. The van der Waals surface area contributed by atoms with Crippen molar-refractivity contribution >= 4 is 35.1 Å². The van der Waals surface area contributed by atoms with E-state index in [1.807, 2.05) is 0 Å². The Labute approximate surface area is 126 Å². The van der Waals surface area contributed by atoms with Gasteiger partial charge in [0.2, 0.25) is 0 Å². The first-order chi connectivity index (χ1) is 9.31. The molecule has 1 aromatic carbocycles. The van der Waals surface area contributed by atoms with E-state index >= 15 is 0 Å². The minimum atomic E-state index is -1.03. The molecule has 1 saturated heterocycles. The topological polar surface area (TPSA) is 66.8 Å². The van der Waals surface area contributed by atoms with Crippen LogP contribution in [0.3, 0.4) is 0 Å². The summed E-state index contributed by atoms with van der Waals surface area (Å²) in [5, 5.41) is 9.29. The smallest absolute Gasteiger partial charge is 0.329 e. The van der Waals surface area contributed by atoms with Gasteiger partial charge in [-0.2, -0.15) is 0 Å². The van der Waals surface area contributed by atoms with Gasteiger partial charge < -0.3 is 14.7 Å². The van der Waals surface area contributed by atoms with E-state index in [0.29, 0.717) is 28.7 Å². The van der Waals surface area contributed by atoms with E-state index < -0.39 is 11.6 Å². The summed E-state index contributed by atoms with van der Waals surface area (Å²) in [5.41, 5.74) is -0.163. The van der Waals surface area contributed by atoms with Gasteiger partial charge in [-0.1, -0.05) is 23.2 Å². The normalized spacial score (nSPS) is 16.6. The van der Waals surface area contributed by atoms with Crippen molar-refractivity contribution < 1.29 is 19.4 Å². The van der Waals surface area contributed by atoms with Crippen LogP contribution in [0.5, 0.6) is 0 Å². The number of carbonyl (C=O) groups is 2. The Morgan fingerprint density at radius 2 is 2.00 bits per heavy atom. The van der Waals surface area contributed by atoms with Gasteiger partial charge in [0.25, 0.3) is 5.91 Å². The molecule has 1 aliphatic rings. The van der Waals surface area contributed by atoms with Crippen LogP contribution in [0.1, 0.15) is 17.3 Å². The summed E-state index contributed by atoms with van der Waals surface area (Å²) in [6.07, 6.45) is 0. The third-order valence-corrected chi connectivity index (χ3v) is 3.79. The zero-order valence-electron chi connectivity index (χ0n) is 10.7. The number of amides is 1. The van der Waals surface area contributed by atoms with Crippen LogP contribution < -0.4 is 0 Å². The second-order valence-corrected chi connectivity index (χ2v) is 5.74. The fourth-order valence-electron chi connectivity index (χ4n) is 2.04. The highest BCUT2D eigenvalue weighted by molar-refractivity contribution is 6.42. The van der Waals surface area contributed by atoms with Crippen LogP contribution in [0.25, 0.3) is 0 Å². The van der Waals surface area contributed by atoms with Gasteiger partial charge in [0.05, 0.1) is 23.1 Å². The average Bonchev–Trinajstić information content (AvgIpc) is 2.35. The molecule has 1 heterocycles. The van der Waals surface area contributed by atoms with Crippen molar-refractivity contribution in [3.05, 3.63) is 33.8 Å². The highest BCUT2D eigenvalue weighted by Crippen LogP contribution is 2.28. The number of likely N-dealkylation sites (tertiary alicyclic amines) is 1. The van der Waals surface area contributed by atoms with Crippen LogP contribution in [0, 0.1) is 0 Å². The van der Waals surface area contributed by atoms with Gasteiger partial charge in [-0.25, -0.2) is 4.79 Å². The van der Waals surface area contributed by atoms with E-state index in [9.17, 15) is 9.59 Å². The molecular weight excluding hydrogens is 305 g/mol. The molecule has 0 radical (unpaired) electrons. The lowest BCUT2D eigenvalue weighted by atomic mass is 9.95. The molecule has 20 heavy (non-hydrogen) atoms. The molecule has 1 amide bonds. The van der Waals surface area contributed by atoms with Crippen LogP contribution in [0.15, 0.2) is 18.2 Å². The highest BCUT2D eigenvalue weighted by Gasteiger charge is 2.43. The van der Waals surface area contributed by atoms with Crippen molar-refractivity contribution in [2.45, 2.75) is 12.5 Å². The van der Waals surface area contributed by atoms with Gasteiger partial charge >= 0.3 is 5.97 Å². The number of hydrogen-bond donors (Lipinski definition) is 1. The summed E-state index contributed by atoms with van der Waals surface area (Å²) in [7, 11) is 0. The number of halogens is 2.